The highest BCUT2D eigenvalue weighted by molar-refractivity contribution is 8.68. The fourth-order valence-corrected chi connectivity index (χ4v) is 2.06. The summed E-state index contributed by atoms with van der Waals surface area (Å²) in [7, 11) is 1.35. The van der Waals surface area contributed by atoms with Gasteiger partial charge in [0.1, 0.15) is 0 Å². The quantitative estimate of drug-likeness (QED) is 0.429. The topological polar surface area (TPSA) is 29.1 Å². The summed E-state index contributed by atoms with van der Waals surface area (Å²) >= 11 is 4.00. The molecule has 1 N–H and O–H groups in total. The zero-order valence-electron chi connectivity index (χ0n) is 10.2. The Bertz CT molecular complexity index is 190. The van der Waals surface area contributed by atoms with Gasteiger partial charge in [-0.25, -0.2) is 0 Å². The summed E-state index contributed by atoms with van der Waals surface area (Å²) in [6.07, 6.45) is 2.98. The van der Waals surface area contributed by atoms with Gasteiger partial charge in [-0.15, -0.1) is 11.7 Å². The van der Waals surface area contributed by atoms with Gasteiger partial charge in [0, 0.05) is 5.92 Å². The van der Waals surface area contributed by atoms with Crippen LogP contribution < -0.4 is 5.32 Å². The molecule has 1 unspecified atom stereocenters. The van der Waals surface area contributed by atoms with Crippen molar-refractivity contribution in [1.29, 1.82) is 0 Å². The Labute approximate surface area is 103 Å². The fourth-order valence-electron chi connectivity index (χ4n) is 1.66. The predicted octanol–water partition coefficient (Wildman–Crippen LogP) is 3.49. The molecule has 0 heterocycles. The van der Waals surface area contributed by atoms with Crippen molar-refractivity contribution in [2.24, 2.45) is 11.3 Å². The Morgan fingerprint density at radius 2 is 2.07 bits per heavy atom. The molecular formula is C11H23NOS2. The van der Waals surface area contributed by atoms with Gasteiger partial charge in [-0.05, 0) is 18.3 Å². The minimum absolute atomic E-state index is 0.149. The minimum Gasteiger partial charge on any atom is -0.346 e. The molecule has 0 aliphatic carbocycles. The van der Waals surface area contributed by atoms with Crippen molar-refractivity contribution in [1.82, 2.24) is 5.32 Å². The van der Waals surface area contributed by atoms with Crippen LogP contribution in [0.4, 0.5) is 0 Å². The van der Waals surface area contributed by atoms with Crippen molar-refractivity contribution in [2.45, 2.75) is 47.0 Å². The van der Waals surface area contributed by atoms with Crippen LogP contribution >= 0.6 is 22.5 Å². The van der Waals surface area contributed by atoms with Crippen LogP contribution in [0.25, 0.3) is 0 Å². The third kappa shape index (κ3) is 8.03. The molecule has 2 nitrogen and oxygen atoms in total. The maximum atomic E-state index is 11.8. The van der Waals surface area contributed by atoms with Crippen molar-refractivity contribution >= 4 is 28.4 Å². The Balaban J connectivity index is 4.18. The van der Waals surface area contributed by atoms with E-state index in [0.717, 1.165) is 19.3 Å². The molecule has 0 aliphatic rings. The molecular weight excluding hydrogens is 226 g/mol. The van der Waals surface area contributed by atoms with Crippen LogP contribution in [0.5, 0.6) is 0 Å². The highest BCUT2D eigenvalue weighted by Gasteiger charge is 2.23. The van der Waals surface area contributed by atoms with Crippen molar-refractivity contribution < 1.29 is 4.79 Å². The number of hydrogen-bond acceptors (Lipinski definition) is 3. The molecule has 0 spiro atoms. The van der Waals surface area contributed by atoms with Gasteiger partial charge in [0.25, 0.3) is 0 Å². The molecule has 15 heavy (non-hydrogen) atoms. The normalized spacial score (nSPS) is 13.7. The summed E-state index contributed by atoms with van der Waals surface area (Å²) in [5.74, 6) is 0.913. The van der Waals surface area contributed by atoms with Crippen molar-refractivity contribution in [2.75, 3.05) is 5.88 Å². The van der Waals surface area contributed by atoms with Gasteiger partial charge in [0.2, 0.25) is 5.91 Å². The predicted molar refractivity (Wildman–Crippen MR) is 72.1 cm³/mol. The largest absolute Gasteiger partial charge is 0.346 e. The Hall–Kier alpha value is 0.170. The van der Waals surface area contributed by atoms with E-state index in [1.54, 1.807) is 0 Å². The molecule has 0 rings (SSSR count). The first-order chi connectivity index (χ1) is 6.90. The van der Waals surface area contributed by atoms with Crippen LogP contribution in [0.3, 0.4) is 0 Å². The molecule has 1 amide bonds. The zero-order chi connectivity index (χ0) is 11.9. The fraction of sp³-hybridized carbons (Fsp3) is 0.909. The van der Waals surface area contributed by atoms with Gasteiger partial charge >= 0.3 is 0 Å². The second-order valence-electron chi connectivity index (χ2n) is 5.06. The Morgan fingerprint density at radius 3 is 2.47 bits per heavy atom. The molecule has 0 saturated heterocycles. The van der Waals surface area contributed by atoms with Crippen LogP contribution in [0, 0.1) is 11.3 Å². The third-order valence-electron chi connectivity index (χ3n) is 2.18. The highest BCUT2D eigenvalue weighted by atomic mass is 33.1. The summed E-state index contributed by atoms with van der Waals surface area (Å²) in [6, 6.07) is 0. The highest BCUT2D eigenvalue weighted by Crippen LogP contribution is 2.27. The van der Waals surface area contributed by atoms with Gasteiger partial charge in [-0.2, -0.15) is 0 Å². The van der Waals surface area contributed by atoms with Gasteiger partial charge in [-0.1, -0.05) is 44.9 Å². The Kier molecular flexibility index (Phi) is 7.53. The molecule has 90 valence electrons. The third-order valence-corrected chi connectivity index (χ3v) is 2.84. The number of hydrogen-bond donors (Lipinski definition) is 2. The molecule has 0 radical (unpaired) electrons. The monoisotopic (exact) mass is 249 g/mol. The van der Waals surface area contributed by atoms with Crippen LogP contribution in [-0.2, 0) is 4.79 Å². The standard InChI is InChI=1S/C11H23NOS2/c1-5-6-9(7-11(2,3)4)10(13)12-8-15-14/h9,14H,5-8H2,1-4H3,(H,12,13). The summed E-state index contributed by atoms with van der Waals surface area (Å²) in [4.78, 5) is 11.8. The molecule has 0 bridgehead atoms. The van der Waals surface area contributed by atoms with Crippen LogP contribution in [0.2, 0.25) is 0 Å². The van der Waals surface area contributed by atoms with Crippen molar-refractivity contribution in [3.8, 4) is 0 Å². The first kappa shape index (κ1) is 15.2. The number of nitrogens with one attached hydrogen (secondary N) is 1. The van der Waals surface area contributed by atoms with E-state index >= 15 is 0 Å². The molecule has 0 saturated carbocycles. The summed E-state index contributed by atoms with van der Waals surface area (Å²) < 4.78 is 0. The molecule has 4 heteroatoms. The van der Waals surface area contributed by atoms with E-state index in [4.69, 9.17) is 0 Å². The maximum Gasteiger partial charge on any atom is 0.223 e. The molecule has 0 aromatic heterocycles. The molecule has 0 fully saturated rings. The smallest absolute Gasteiger partial charge is 0.223 e. The second-order valence-corrected chi connectivity index (χ2v) is 6.39. The van der Waals surface area contributed by atoms with E-state index in [9.17, 15) is 4.79 Å². The SMILES string of the molecule is CCCC(CC(C)(C)C)C(=O)NCSS. The van der Waals surface area contributed by atoms with Gasteiger partial charge < -0.3 is 5.32 Å². The lowest BCUT2D eigenvalue weighted by molar-refractivity contribution is -0.125. The van der Waals surface area contributed by atoms with E-state index in [1.165, 1.54) is 10.8 Å². The molecule has 0 aliphatic heterocycles. The second kappa shape index (κ2) is 7.44. The number of carbonyl (C=O) groups is 1. The number of amides is 1. The number of thiol groups is 1. The molecule has 0 aromatic carbocycles. The van der Waals surface area contributed by atoms with E-state index in [-0.39, 0.29) is 17.2 Å². The van der Waals surface area contributed by atoms with Crippen LogP contribution in [0.1, 0.15) is 47.0 Å². The number of carbonyl (C=O) groups excluding carboxylic acids is 1. The molecule has 1 atom stereocenters. The van der Waals surface area contributed by atoms with Crippen LogP contribution in [0.15, 0.2) is 0 Å². The summed E-state index contributed by atoms with van der Waals surface area (Å²) in [6.45, 7) is 8.65. The van der Waals surface area contributed by atoms with E-state index < -0.39 is 0 Å². The van der Waals surface area contributed by atoms with E-state index in [2.05, 4.69) is 44.7 Å². The molecule has 0 aromatic rings. The summed E-state index contributed by atoms with van der Waals surface area (Å²) in [5, 5.41) is 2.89. The van der Waals surface area contributed by atoms with Gasteiger partial charge in [-0.3, -0.25) is 4.79 Å². The number of rotatable bonds is 6. The van der Waals surface area contributed by atoms with E-state index in [0.29, 0.717) is 5.88 Å². The first-order valence-corrected chi connectivity index (χ1v) is 7.48. The summed E-state index contributed by atoms with van der Waals surface area (Å²) in [5.41, 5.74) is 0.214. The van der Waals surface area contributed by atoms with Gasteiger partial charge in [0.15, 0.2) is 0 Å². The zero-order valence-corrected chi connectivity index (χ0v) is 11.9. The minimum atomic E-state index is 0.149. The van der Waals surface area contributed by atoms with Crippen molar-refractivity contribution in [3.05, 3.63) is 0 Å². The lowest BCUT2D eigenvalue weighted by atomic mass is 9.82. The maximum absolute atomic E-state index is 11.8. The lowest BCUT2D eigenvalue weighted by Crippen LogP contribution is -2.32. The lowest BCUT2D eigenvalue weighted by Gasteiger charge is -2.25. The first-order valence-electron chi connectivity index (χ1n) is 5.44. The average Bonchev–Trinajstić information content (AvgIpc) is 2.11. The Morgan fingerprint density at radius 1 is 1.47 bits per heavy atom. The van der Waals surface area contributed by atoms with Gasteiger partial charge in [0.05, 0.1) is 5.88 Å². The van der Waals surface area contributed by atoms with Crippen LogP contribution in [-0.4, -0.2) is 11.8 Å². The van der Waals surface area contributed by atoms with Crippen molar-refractivity contribution in [3.63, 3.8) is 0 Å². The van der Waals surface area contributed by atoms with E-state index in [1.807, 2.05) is 0 Å². The average molecular weight is 249 g/mol.